The molecule has 4 heterocycles. The summed E-state index contributed by atoms with van der Waals surface area (Å²) < 4.78 is 6.04. The molecule has 0 saturated carbocycles. The number of piperidine rings is 1. The van der Waals surface area contributed by atoms with Crippen molar-refractivity contribution in [3.05, 3.63) is 64.3 Å². The van der Waals surface area contributed by atoms with E-state index in [1.807, 2.05) is 54.3 Å². The molecule has 5 rings (SSSR count). The minimum atomic E-state index is 0.0463. The highest BCUT2D eigenvalue weighted by molar-refractivity contribution is 7.13. The summed E-state index contributed by atoms with van der Waals surface area (Å²) in [6.07, 6.45) is 3.61. The number of amides is 1. The smallest absolute Gasteiger partial charge is 0.266 e. The average Bonchev–Trinajstić information content (AvgIpc) is 3.42. The third-order valence-corrected chi connectivity index (χ3v) is 6.31. The van der Waals surface area contributed by atoms with Gasteiger partial charge in [0.1, 0.15) is 5.69 Å². The average molecular weight is 404 g/mol. The van der Waals surface area contributed by atoms with Crippen molar-refractivity contribution in [1.82, 2.24) is 20.1 Å². The standard InChI is InChI=1S/C22H20N4O2S/c1-14-8-9-18(29-14)22(27)26-12-4-6-16(13-26)20-24-25-21(28-20)19-17-7-3-2-5-15(17)10-11-23-19/h2-3,5,7-11,16H,4,6,12-13H2,1H3/t16-/m0/s1. The molecule has 0 aliphatic carbocycles. The van der Waals surface area contributed by atoms with Gasteiger partial charge in [-0.15, -0.1) is 21.5 Å². The van der Waals surface area contributed by atoms with Gasteiger partial charge in [0.05, 0.1) is 10.8 Å². The van der Waals surface area contributed by atoms with E-state index in [9.17, 15) is 4.79 Å². The van der Waals surface area contributed by atoms with Crippen molar-refractivity contribution < 1.29 is 9.21 Å². The third kappa shape index (κ3) is 3.42. The predicted molar refractivity (Wildman–Crippen MR) is 112 cm³/mol. The molecule has 1 aliphatic heterocycles. The number of carbonyl (C=O) groups is 1. The van der Waals surface area contributed by atoms with E-state index >= 15 is 0 Å². The van der Waals surface area contributed by atoms with Gasteiger partial charge in [-0.1, -0.05) is 24.3 Å². The Balaban J connectivity index is 1.39. The number of hydrogen-bond acceptors (Lipinski definition) is 6. The quantitative estimate of drug-likeness (QED) is 0.496. The minimum Gasteiger partial charge on any atom is -0.419 e. The fourth-order valence-corrected chi connectivity index (χ4v) is 4.69. The molecule has 1 amide bonds. The summed E-state index contributed by atoms with van der Waals surface area (Å²) in [6.45, 7) is 3.38. The SMILES string of the molecule is Cc1ccc(C(=O)N2CCC[C@H](c3nnc(-c4nccc5ccccc45)o3)C2)s1. The largest absolute Gasteiger partial charge is 0.419 e. The highest BCUT2D eigenvalue weighted by Crippen LogP contribution is 2.31. The maximum Gasteiger partial charge on any atom is 0.266 e. The molecule has 4 aromatic rings. The zero-order valence-electron chi connectivity index (χ0n) is 16.0. The Labute approximate surface area is 172 Å². The third-order valence-electron chi connectivity index (χ3n) is 5.33. The van der Waals surface area contributed by atoms with Crippen molar-refractivity contribution in [2.45, 2.75) is 25.7 Å². The molecular weight excluding hydrogens is 384 g/mol. The number of benzene rings is 1. The van der Waals surface area contributed by atoms with E-state index in [4.69, 9.17) is 4.42 Å². The van der Waals surface area contributed by atoms with Crippen molar-refractivity contribution >= 4 is 28.0 Å². The van der Waals surface area contributed by atoms with Crippen molar-refractivity contribution in [2.24, 2.45) is 0 Å². The number of likely N-dealkylation sites (tertiary alicyclic amines) is 1. The van der Waals surface area contributed by atoms with Gasteiger partial charge in [-0.2, -0.15) is 0 Å². The van der Waals surface area contributed by atoms with Crippen LogP contribution in [0.5, 0.6) is 0 Å². The number of carbonyl (C=O) groups excluding carboxylic acids is 1. The second kappa shape index (κ2) is 7.40. The van der Waals surface area contributed by atoms with Crippen molar-refractivity contribution in [2.75, 3.05) is 13.1 Å². The van der Waals surface area contributed by atoms with Gasteiger partial charge in [-0.25, -0.2) is 0 Å². The normalized spacial score (nSPS) is 17.0. The summed E-state index contributed by atoms with van der Waals surface area (Å²) in [7, 11) is 0. The summed E-state index contributed by atoms with van der Waals surface area (Å²) >= 11 is 1.54. The summed E-state index contributed by atoms with van der Waals surface area (Å²) in [6, 6.07) is 13.9. The van der Waals surface area contributed by atoms with Crippen molar-refractivity contribution in [3.63, 3.8) is 0 Å². The van der Waals surface area contributed by atoms with Gasteiger partial charge in [0.2, 0.25) is 5.89 Å². The molecule has 0 bridgehead atoms. The molecule has 6 nitrogen and oxygen atoms in total. The number of aryl methyl sites for hydroxylation is 1. The van der Waals surface area contributed by atoms with Crippen LogP contribution < -0.4 is 0 Å². The molecule has 3 aromatic heterocycles. The Morgan fingerprint density at radius 2 is 2.07 bits per heavy atom. The van der Waals surface area contributed by atoms with Gasteiger partial charge in [-0.05, 0) is 43.4 Å². The molecule has 0 spiro atoms. The zero-order valence-corrected chi connectivity index (χ0v) is 16.9. The van der Waals surface area contributed by atoms with Crippen LogP contribution in [-0.4, -0.2) is 39.1 Å². The minimum absolute atomic E-state index is 0.0463. The van der Waals surface area contributed by atoms with E-state index in [0.29, 0.717) is 24.0 Å². The van der Waals surface area contributed by atoms with Crippen molar-refractivity contribution in [1.29, 1.82) is 0 Å². The van der Waals surface area contributed by atoms with Gasteiger partial charge < -0.3 is 9.32 Å². The summed E-state index contributed by atoms with van der Waals surface area (Å²) in [5.41, 5.74) is 0.694. The number of fused-ring (bicyclic) bond motifs is 1. The maximum absolute atomic E-state index is 12.8. The Morgan fingerprint density at radius 3 is 2.93 bits per heavy atom. The van der Waals surface area contributed by atoms with E-state index in [-0.39, 0.29) is 11.8 Å². The maximum atomic E-state index is 12.8. The molecular formula is C22H20N4O2S. The first-order chi connectivity index (χ1) is 14.2. The highest BCUT2D eigenvalue weighted by atomic mass is 32.1. The summed E-state index contributed by atoms with van der Waals surface area (Å²) in [4.78, 5) is 21.1. The topological polar surface area (TPSA) is 72.1 Å². The molecule has 1 atom stereocenters. The van der Waals surface area contributed by atoms with Crippen LogP contribution >= 0.6 is 11.3 Å². The summed E-state index contributed by atoms with van der Waals surface area (Å²) in [5, 5.41) is 10.6. The Morgan fingerprint density at radius 1 is 1.17 bits per heavy atom. The van der Waals surface area contributed by atoms with Gasteiger partial charge in [0.25, 0.3) is 11.8 Å². The van der Waals surface area contributed by atoms with Crippen LogP contribution in [0.2, 0.25) is 0 Å². The van der Waals surface area contributed by atoms with E-state index in [1.54, 1.807) is 6.20 Å². The van der Waals surface area contributed by atoms with E-state index in [1.165, 1.54) is 11.3 Å². The van der Waals surface area contributed by atoms with E-state index < -0.39 is 0 Å². The molecule has 0 radical (unpaired) electrons. The van der Waals surface area contributed by atoms with Gasteiger partial charge in [-0.3, -0.25) is 9.78 Å². The first-order valence-corrected chi connectivity index (χ1v) is 10.5. The monoisotopic (exact) mass is 404 g/mol. The van der Waals surface area contributed by atoms with E-state index in [0.717, 1.165) is 39.9 Å². The lowest BCUT2D eigenvalue weighted by molar-refractivity contribution is 0.0703. The molecule has 146 valence electrons. The fourth-order valence-electron chi connectivity index (χ4n) is 3.85. The number of aromatic nitrogens is 3. The molecule has 0 unspecified atom stereocenters. The zero-order chi connectivity index (χ0) is 19.8. The molecule has 0 N–H and O–H groups in total. The fraction of sp³-hybridized carbons (Fsp3) is 0.273. The molecule has 29 heavy (non-hydrogen) atoms. The molecule has 1 aromatic carbocycles. The van der Waals surface area contributed by atoms with Crippen LogP contribution in [0.1, 0.15) is 39.2 Å². The van der Waals surface area contributed by atoms with Gasteiger partial charge in [0, 0.05) is 29.5 Å². The van der Waals surface area contributed by atoms with Crippen LogP contribution in [0.3, 0.4) is 0 Å². The first kappa shape index (κ1) is 18.0. The van der Waals surface area contributed by atoms with Crippen LogP contribution in [-0.2, 0) is 0 Å². The molecule has 1 aliphatic rings. The van der Waals surface area contributed by atoms with Crippen LogP contribution in [0.15, 0.2) is 53.1 Å². The van der Waals surface area contributed by atoms with E-state index in [2.05, 4.69) is 15.2 Å². The lowest BCUT2D eigenvalue weighted by Crippen LogP contribution is -2.38. The second-order valence-corrected chi connectivity index (χ2v) is 8.61. The lowest BCUT2D eigenvalue weighted by atomic mass is 9.98. The van der Waals surface area contributed by atoms with Crippen LogP contribution in [0.25, 0.3) is 22.4 Å². The second-order valence-electron chi connectivity index (χ2n) is 7.33. The predicted octanol–water partition coefficient (Wildman–Crippen LogP) is 4.67. The number of pyridine rings is 1. The van der Waals surface area contributed by atoms with Crippen LogP contribution in [0, 0.1) is 6.92 Å². The van der Waals surface area contributed by atoms with Crippen LogP contribution in [0.4, 0.5) is 0 Å². The highest BCUT2D eigenvalue weighted by Gasteiger charge is 2.29. The number of rotatable bonds is 3. The molecule has 7 heteroatoms. The number of hydrogen-bond donors (Lipinski definition) is 0. The first-order valence-electron chi connectivity index (χ1n) is 9.72. The van der Waals surface area contributed by atoms with Gasteiger partial charge >= 0.3 is 0 Å². The summed E-state index contributed by atoms with van der Waals surface area (Å²) in [5.74, 6) is 1.14. The molecule has 1 saturated heterocycles. The number of nitrogens with zero attached hydrogens (tertiary/aromatic N) is 4. The Kier molecular flexibility index (Phi) is 4.60. The number of thiophene rings is 1. The van der Waals surface area contributed by atoms with Crippen molar-refractivity contribution in [3.8, 4) is 11.6 Å². The lowest BCUT2D eigenvalue weighted by Gasteiger charge is -2.30. The molecule has 1 fully saturated rings. The Hall–Kier alpha value is -3.06. The Bertz CT molecular complexity index is 1180. The van der Waals surface area contributed by atoms with Gasteiger partial charge in [0.15, 0.2) is 0 Å².